The summed E-state index contributed by atoms with van der Waals surface area (Å²) in [6, 6.07) is 0. The van der Waals surface area contributed by atoms with E-state index in [2.05, 4.69) is 25.1 Å². The molecule has 0 bridgehead atoms. The molecule has 0 amide bonds. The normalized spacial score (nSPS) is 10.4. The van der Waals surface area contributed by atoms with Gasteiger partial charge < -0.3 is 10.1 Å². The number of aromatic hydroxyl groups is 1. The largest absolute Gasteiger partial charge is 0.493 e. The molecule has 0 aliphatic rings. The van der Waals surface area contributed by atoms with E-state index in [1.807, 2.05) is 0 Å². The molecule has 0 saturated carbocycles. The lowest BCUT2D eigenvalue weighted by atomic mass is 10.3. The van der Waals surface area contributed by atoms with Gasteiger partial charge in [-0.25, -0.2) is 4.98 Å². The van der Waals surface area contributed by atoms with Gasteiger partial charge in [0.15, 0.2) is 11.6 Å². The number of H-pyrrole nitrogens is 2. The highest BCUT2D eigenvalue weighted by atomic mass is 16.3. The van der Waals surface area contributed by atoms with Crippen molar-refractivity contribution in [3.63, 3.8) is 0 Å². The number of nitrogens with zero attached hydrogens (tertiary/aromatic N) is 3. The number of nitrogens with one attached hydrogen (secondary N) is 2. The first kappa shape index (κ1) is 8.42. The summed E-state index contributed by atoms with van der Waals surface area (Å²) in [5.41, 5.74) is -0.225. The first-order chi connectivity index (χ1) is 6.68. The van der Waals surface area contributed by atoms with Gasteiger partial charge >= 0.3 is 0 Å². The van der Waals surface area contributed by atoms with Crippen LogP contribution >= 0.6 is 0 Å². The number of rotatable bonds is 1. The average molecular weight is 193 g/mol. The third kappa shape index (κ3) is 1.24. The fraction of sp³-hybridized carbons (Fsp3) is 0.143. The Morgan fingerprint density at radius 3 is 2.79 bits per heavy atom. The van der Waals surface area contributed by atoms with Crippen molar-refractivity contribution in [2.75, 3.05) is 0 Å². The first-order valence-corrected chi connectivity index (χ1v) is 3.84. The molecule has 0 unspecified atom stereocenters. The van der Waals surface area contributed by atoms with Crippen LogP contribution < -0.4 is 5.56 Å². The molecule has 0 radical (unpaired) electrons. The van der Waals surface area contributed by atoms with Crippen LogP contribution in [-0.4, -0.2) is 30.3 Å². The summed E-state index contributed by atoms with van der Waals surface area (Å²) in [5, 5.41) is 15.4. The molecule has 0 saturated heterocycles. The molecule has 2 rings (SSSR count). The topological polar surface area (TPSA) is 108 Å². The van der Waals surface area contributed by atoms with Crippen LogP contribution in [0.15, 0.2) is 11.1 Å². The fourth-order valence-electron chi connectivity index (χ4n) is 0.952. The van der Waals surface area contributed by atoms with E-state index in [9.17, 15) is 9.90 Å². The predicted octanol–water partition coefficient (Wildman–Crippen LogP) is -0.431. The molecule has 0 atom stereocenters. The second-order valence-corrected chi connectivity index (χ2v) is 2.70. The minimum Gasteiger partial charge on any atom is -0.493 e. The molecule has 0 aliphatic heterocycles. The van der Waals surface area contributed by atoms with Gasteiger partial charge in [0.1, 0.15) is 6.33 Å². The molecular formula is C7H7N5O2. The summed E-state index contributed by atoms with van der Waals surface area (Å²) in [5.74, 6) is 0.160. The third-order valence-corrected chi connectivity index (χ3v) is 1.76. The van der Waals surface area contributed by atoms with Gasteiger partial charge in [0.05, 0.1) is 5.56 Å². The molecule has 7 heteroatoms. The molecule has 2 heterocycles. The third-order valence-electron chi connectivity index (χ3n) is 1.76. The van der Waals surface area contributed by atoms with E-state index in [0.29, 0.717) is 5.82 Å². The zero-order valence-electron chi connectivity index (χ0n) is 7.27. The Morgan fingerprint density at radius 2 is 2.21 bits per heavy atom. The Balaban J connectivity index is 2.63. The molecule has 2 aromatic rings. The van der Waals surface area contributed by atoms with Crippen molar-refractivity contribution in [3.05, 3.63) is 22.2 Å². The average Bonchev–Trinajstić information content (AvgIpc) is 2.66. The molecule has 0 spiro atoms. The maximum Gasteiger partial charge on any atom is 0.257 e. The summed E-state index contributed by atoms with van der Waals surface area (Å²) in [6.45, 7) is 1.48. The highest BCUT2D eigenvalue weighted by molar-refractivity contribution is 5.43. The zero-order chi connectivity index (χ0) is 10.1. The lowest BCUT2D eigenvalue weighted by Gasteiger charge is -1.98. The Hall–Kier alpha value is -2.18. The van der Waals surface area contributed by atoms with Crippen molar-refractivity contribution in [2.45, 2.75) is 6.92 Å². The number of hydrogen-bond acceptors (Lipinski definition) is 5. The van der Waals surface area contributed by atoms with E-state index in [4.69, 9.17) is 0 Å². The maximum absolute atomic E-state index is 11.2. The molecule has 7 nitrogen and oxygen atoms in total. The molecule has 2 aromatic heterocycles. The van der Waals surface area contributed by atoms with Gasteiger partial charge in [0, 0.05) is 0 Å². The second kappa shape index (κ2) is 2.95. The van der Waals surface area contributed by atoms with Crippen LogP contribution in [0.25, 0.3) is 11.6 Å². The molecule has 0 aliphatic carbocycles. The predicted molar refractivity (Wildman–Crippen MR) is 46.6 cm³/mol. The highest BCUT2D eigenvalue weighted by Crippen LogP contribution is 2.11. The van der Waals surface area contributed by atoms with Gasteiger partial charge in [-0.15, -0.1) is 0 Å². The van der Waals surface area contributed by atoms with Crippen molar-refractivity contribution in [1.82, 2.24) is 25.1 Å². The van der Waals surface area contributed by atoms with Crippen molar-refractivity contribution < 1.29 is 5.11 Å². The standard InChI is InChI=1S/C7H7N5O2/c1-3-6(13)10-5(11-7(3)14)4-8-2-9-12-4/h2H,1H3,(H,8,9,12)(H2,10,11,13,14). The highest BCUT2D eigenvalue weighted by Gasteiger charge is 2.09. The lowest BCUT2D eigenvalue weighted by molar-refractivity contribution is 0.447. The van der Waals surface area contributed by atoms with Crippen LogP contribution in [0.5, 0.6) is 5.88 Å². The van der Waals surface area contributed by atoms with Gasteiger partial charge in [-0.3, -0.25) is 9.89 Å². The van der Waals surface area contributed by atoms with Gasteiger partial charge in [0.2, 0.25) is 5.88 Å². The van der Waals surface area contributed by atoms with Crippen molar-refractivity contribution in [1.29, 1.82) is 0 Å². The molecule has 0 aromatic carbocycles. The van der Waals surface area contributed by atoms with Crippen LogP contribution in [-0.2, 0) is 0 Å². The quantitative estimate of drug-likeness (QED) is 0.569. The van der Waals surface area contributed by atoms with E-state index in [1.54, 1.807) is 0 Å². The van der Waals surface area contributed by atoms with Gasteiger partial charge in [-0.05, 0) is 6.92 Å². The van der Waals surface area contributed by atoms with Crippen LogP contribution in [0.3, 0.4) is 0 Å². The number of aromatic nitrogens is 5. The summed E-state index contributed by atoms with van der Waals surface area (Å²) >= 11 is 0. The Kier molecular flexibility index (Phi) is 1.77. The monoisotopic (exact) mass is 193 g/mol. The van der Waals surface area contributed by atoms with Crippen LogP contribution in [0.2, 0.25) is 0 Å². The first-order valence-electron chi connectivity index (χ1n) is 3.84. The SMILES string of the molecule is Cc1c(O)nc(-c2ncn[nH]2)[nH]c1=O. The maximum atomic E-state index is 11.2. The summed E-state index contributed by atoms with van der Waals surface area (Å²) in [6.07, 6.45) is 1.28. The molecule has 72 valence electrons. The second-order valence-electron chi connectivity index (χ2n) is 2.70. The fourth-order valence-corrected chi connectivity index (χ4v) is 0.952. The minimum absolute atomic E-state index is 0.163. The number of hydrogen-bond donors (Lipinski definition) is 3. The van der Waals surface area contributed by atoms with E-state index < -0.39 is 5.56 Å². The Bertz CT molecular complexity index is 501. The van der Waals surface area contributed by atoms with Crippen molar-refractivity contribution in [2.24, 2.45) is 0 Å². The smallest absolute Gasteiger partial charge is 0.257 e. The van der Waals surface area contributed by atoms with Crippen LogP contribution in [0.1, 0.15) is 5.56 Å². The van der Waals surface area contributed by atoms with Crippen molar-refractivity contribution in [3.8, 4) is 17.5 Å². The minimum atomic E-state index is -0.399. The summed E-state index contributed by atoms with van der Waals surface area (Å²) in [7, 11) is 0. The van der Waals surface area contributed by atoms with Crippen molar-refractivity contribution >= 4 is 0 Å². The van der Waals surface area contributed by atoms with E-state index in [1.165, 1.54) is 13.3 Å². The van der Waals surface area contributed by atoms with Gasteiger partial charge in [-0.2, -0.15) is 10.1 Å². The Morgan fingerprint density at radius 1 is 1.43 bits per heavy atom. The molecule has 14 heavy (non-hydrogen) atoms. The van der Waals surface area contributed by atoms with Gasteiger partial charge in [0.25, 0.3) is 5.56 Å². The summed E-state index contributed by atoms with van der Waals surface area (Å²) < 4.78 is 0. The van der Waals surface area contributed by atoms with Gasteiger partial charge in [-0.1, -0.05) is 0 Å². The lowest BCUT2D eigenvalue weighted by Crippen LogP contribution is -2.12. The van der Waals surface area contributed by atoms with Crippen LogP contribution in [0, 0.1) is 6.92 Å². The summed E-state index contributed by atoms with van der Waals surface area (Å²) in [4.78, 5) is 21.2. The zero-order valence-corrected chi connectivity index (χ0v) is 7.27. The molecular weight excluding hydrogens is 186 g/mol. The molecule has 0 fully saturated rings. The molecule has 3 N–H and O–H groups in total. The Labute approximate surface area is 77.9 Å². The van der Waals surface area contributed by atoms with E-state index >= 15 is 0 Å². The van der Waals surface area contributed by atoms with E-state index in [0.717, 1.165) is 0 Å². The van der Waals surface area contributed by atoms with E-state index in [-0.39, 0.29) is 17.3 Å². The van der Waals surface area contributed by atoms with Crippen LogP contribution in [0.4, 0.5) is 0 Å². The number of aromatic amines is 2.